The predicted molar refractivity (Wildman–Crippen MR) is 170 cm³/mol. The van der Waals surface area contributed by atoms with Crippen molar-refractivity contribution in [1.82, 2.24) is 0 Å². The quantitative estimate of drug-likeness (QED) is 0.188. The molecule has 0 bridgehead atoms. The second-order valence-corrected chi connectivity index (χ2v) is 12.0. The molecular formula is C33H46Cl3N. The first kappa shape index (κ1) is 35.3. The van der Waals surface area contributed by atoms with Crippen molar-refractivity contribution in [2.24, 2.45) is 16.3 Å². The van der Waals surface area contributed by atoms with Gasteiger partial charge in [0.05, 0.1) is 15.1 Å². The van der Waals surface area contributed by atoms with E-state index in [9.17, 15) is 0 Å². The summed E-state index contributed by atoms with van der Waals surface area (Å²) in [5.41, 5.74) is 4.06. The maximum atomic E-state index is 6.44. The van der Waals surface area contributed by atoms with Crippen LogP contribution in [0, 0.1) is 30.6 Å². The van der Waals surface area contributed by atoms with Crippen molar-refractivity contribution in [2.75, 3.05) is 0 Å². The van der Waals surface area contributed by atoms with Crippen LogP contribution in [0.5, 0.6) is 0 Å². The number of hydrogen-bond acceptors (Lipinski definition) is 1. The third kappa shape index (κ3) is 8.64. The van der Waals surface area contributed by atoms with Gasteiger partial charge < -0.3 is 0 Å². The number of rotatable bonds is 6. The lowest BCUT2D eigenvalue weighted by atomic mass is 9.54. The number of benzene rings is 2. The van der Waals surface area contributed by atoms with Crippen LogP contribution in [0.25, 0.3) is 0 Å². The van der Waals surface area contributed by atoms with Gasteiger partial charge in [-0.3, -0.25) is 4.99 Å². The molecule has 0 aliphatic rings. The van der Waals surface area contributed by atoms with E-state index < -0.39 is 0 Å². The highest BCUT2D eigenvalue weighted by Gasteiger charge is 2.46. The van der Waals surface area contributed by atoms with Crippen LogP contribution in [0.2, 0.25) is 15.1 Å². The van der Waals surface area contributed by atoms with Crippen LogP contribution in [-0.2, 0) is 10.8 Å². The van der Waals surface area contributed by atoms with Crippen LogP contribution in [0.4, 0.5) is 0 Å². The zero-order chi connectivity index (χ0) is 29.2. The Bertz CT molecular complexity index is 1080. The Hall–Kier alpha value is -1.72. The van der Waals surface area contributed by atoms with Crippen LogP contribution in [0.15, 0.2) is 48.1 Å². The lowest BCUT2D eigenvalue weighted by Crippen LogP contribution is -2.45. The van der Waals surface area contributed by atoms with Gasteiger partial charge >= 0.3 is 0 Å². The van der Waals surface area contributed by atoms with E-state index in [0.717, 1.165) is 23.1 Å². The average molecular weight is 563 g/mol. The van der Waals surface area contributed by atoms with Crippen molar-refractivity contribution in [2.45, 2.75) is 93.4 Å². The molecule has 0 spiro atoms. The first-order valence-electron chi connectivity index (χ1n) is 12.9. The van der Waals surface area contributed by atoms with E-state index in [4.69, 9.17) is 41.2 Å². The largest absolute Gasteiger partial charge is 0.270 e. The molecular weight excluding hydrogens is 517 g/mol. The second kappa shape index (κ2) is 15.0. The zero-order valence-electron chi connectivity index (χ0n) is 24.7. The van der Waals surface area contributed by atoms with Crippen molar-refractivity contribution in [3.8, 4) is 12.3 Å². The molecule has 0 amide bonds. The first-order valence-corrected chi connectivity index (χ1v) is 14.0. The molecule has 1 nitrogen and oxygen atoms in total. The molecule has 4 heteroatoms. The Morgan fingerprint density at radius 1 is 0.973 bits per heavy atom. The van der Waals surface area contributed by atoms with E-state index in [-0.39, 0.29) is 16.2 Å². The van der Waals surface area contributed by atoms with Gasteiger partial charge in [0.1, 0.15) is 0 Å². The van der Waals surface area contributed by atoms with Gasteiger partial charge in [-0.15, -0.1) is 6.42 Å². The van der Waals surface area contributed by atoms with Gasteiger partial charge in [0.2, 0.25) is 0 Å². The standard InChI is InChI=1S/C27H33Cl3.C4H7N.C2H6/c1-10-19-13-20(12-11-18(19)4)26(8,17(2)3)16-27(9,25(5,6)7)21-14-22(28)24(30)23(29)15-21;1-3-5-4-2;1-2/h1,11-15,17H,16H2,2-9H3;3-4H,1H2,2H3;1-2H3. The number of aliphatic imine (C=N–C) groups is 1. The summed E-state index contributed by atoms with van der Waals surface area (Å²) in [6.07, 6.45) is 9.87. The van der Waals surface area contributed by atoms with Crippen molar-refractivity contribution < 1.29 is 0 Å². The molecule has 2 aromatic carbocycles. The molecule has 0 saturated carbocycles. The fourth-order valence-electron chi connectivity index (χ4n) is 4.29. The van der Waals surface area contributed by atoms with Crippen molar-refractivity contribution >= 4 is 41.0 Å². The third-order valence-electron chi connectivity index (χ3n) is 7.58. The molecule has 0 saturated heterocycles. The molecule has 0 fully saturated rings. The van der Waals surface area contributed by atoms with Crippen molar-refractivity contribution in [3.05, 3.63) is 80.4 Å². The lowest BCUT2D eigenvalue weighted by Gasteiger charge is -2.50. The fourth-order valence-corrected chi connectivity index (χ4v) is 4.88. The molecule has 2 atom stereocenters. The van der Waals surface area contributed by atoms with Gasteiger partial charge in [0, 0.05) is 18.0 Å². The van der Waals surface area contributed by atoms with Crippen molar-refractivity contribution in [1.29, 1.82) is 0 Å². The van der Waals surface area contributed by atoms with E-state index in [0.29, 0.717) is 21.0 Å². The first-order chi connectivity index (χ1) is 17.1. The summed E-state index contributed by atoms with van der Waals surface area (Å²) in [5, 5.41) is 1.39. The summed E-state index contributed by atoms with van der Waals surface area (Å²) in [5.74, 6) is 3.24. The van der Waals surface area contributed by atoms with Gasteiger partial charge in [-0.1, -0.05) is 122 Å². The number of nitrogens with zero attached hydrogens (tertiary/aromatic N) is 1. The molecule has 0 heterocycles. The summed E-state index contributed by atoms with van der Waals surface area (Å²) < 4.78 is 0. The van der Waals surface area contributed by atoms with E-state index in [1.54, 1.807) is 6.21 Å². The zero-order valence-corrected chi connectivity index (χ0v) is 27.0. The Kier molecular flexibility index (Phi) is 14.3. The second-order valence-electron chi connectivity index (χ2n) is 10.8. The molecule has 0 N–H and O–H groups in total. The maximum Gasteiger partial charge on any atom is 0.0778 e. The minimum Gasteiger partial charge on any atom is -0.270 e. The SMILES string of the molecule is C#Cc1cc(C(C)(CC(C)(c2cc(Cl)c(Cl)c(Cl)c2)C(C)(C)C)C(C)C)ccc1C.C=CN=CC.CC. The number of terminal acetylenes is 1. The highest BCUT2D eigenvalue weighted by Crippen LogP contribution is 2.53. The number of hydrogen-bond donors (Lipinski definition) is 0. The topological polar surface area (TPSA) is 12.4 Å². The summed E-state index contributed by atoms with van der Waals surface area (Å²) in [4.78, 5) is 3.61. The smallest absolute Gasteiger partial charge is 0.0778 e. The molecule has 0 aliphatic carbocycles. The van der Waals surface area contributed by atoms with Gasteiger partial charge in [0.15, 0.2) is 0 Å². The lowest BCUT2D eigenvalue weighted by molar-refractivity contribution is 0.130. The minimum atomic E-state index is -0.217. The summed E-state index contributed by atoms with van der Waals surface area (Å²) >= 11 is 19.1. The average Bonchev–Trinajstić information content (AvgIpc) is 2.83. The number of halogens is 3. The Balaban J connectivity index is 0.00000165. The highest BCUT2D eigenvalue weighted by atomic mass is 35.5. The minimum absolute atomic E-state index is 0.0523. The summed E-state index contributed by atoms with van der Waals surface area (Å²) in [6, 6.07) is 10.5. The molecule has 2 unspecified atom stereocenters. The van der Waals surface area contributed by atoms with Gasteiger partial charge in [-0.25, -0.2) is 0 Å². The molecule has 0 aromatic heterocycles. The Labute approximate surface area is 242 Å². The highest BCUT2D eigenvalue weighted by molar-refractivity contribution is 6.48. The molecule has 0 radical (unpaired) electrons. The van der Waals surface area contributed by atoms with E-state index in [2.05, 4.69) is 91.1 Å². The van der Waals surface area contributed by atoms with Gasteiger partial charge in [0.25, 0.3) is 0 Å². The predicted octanol–water partition coefficient (Wildman–Crippen LogP) is 11.5. The molecule has 37 heavy (non-hydrogen) atoms. The van der Waals surface area contributed by atoms with Gasteiger partial charge in [-0.2, -0.15) is 0 Å². The van der Waals surface area contributed by atoms with Crippen LogP contribution < -0.4 is 0 Å². The van der Waals surface area contributed by atoms with Crippen LogP contribution in [0.1, 0.15) is 97.9 Å². The number of aryl methyl sites for hydroxylation is 1. The van der Waals surface area contributed by atoms with E-state index in [1.165, 1.54) is 11.8 Å². The fraction of sp³-hybridized carbons (Fsp3) is 0.485. The summed E-state index contributed by atoms with van der Waals surface area (Å²) in [7, 11) is 0. The molecule has 204 valence electrons. The van der Waals surface area contributed by atoms with Crippen molar-refractivity contribution in [3.63, 3.8) is 0 Å². The molecule has 2 rings (SSSR count). The molecule has 0 aliphatic heterocycles. The third-order valence-corrected chi connectivity index (χ3v) is 8.78. The van der Waals surface area contributed by atoms with Crippen LogP contribution in [-0.4, -0.2) is 6.21 Å². The van der Waals surface area contributed by atoms with Gasteiger partial charge in [-0.05, 0) is 77.3 Å². The van der Waals surface area contributed by atoms with Crippen LogP contribution >= 0.6 is 34.8 Å². The van der Waals surface area contributed by atoms with E-state index in [1.807, 2.05) is 32.9 Å². The normalized spacial score (nSPS) is 14.4. The Morgan fingerprint density at radius 2 is 1.49 bits per heavy atom. The monoisotopic (exact) mass is 561 g/mol. The summed E-state index contributed by atoms with van der Waals surface area (Å²) in [6.45, 7) is 27.3. The molecule has 2 aromatic rings. The van der Waals surface area contributed by atoms with Crippen LogP contribution in [0.3, 0.4) is 0 Å². The Morgan fingerprint density at radius 3 is 1.84 bits per heavy atom. The maximum absolute atomic E-state index is 6.44. The van der Waals surface area contributed by atoms with E-state index >= 15 is 0 Å².